The highest BCUT2D eigenvalue weighted by Gasteiger charge is 2.24. The number of hydrogen-bond donors (Lipinski definition) is 3. The Labute approximate surface area is 329 Å². The van der Waals surface area contributed by atoms with Crippen molar-refractivity contribution in [1.82, 2.24) is 5.32 Å². The van der Waals surface area contributed by atoms with Crippen molar-refractivity contribution in [2.75, 3.05) is 6.61 Å². The molecule has 0 aliphatic rings. The first kappa shape index (κ1) is 51.6. The van der Waals surface area contributed by atoms with Gasteiger partial charge in [0.25, 0.3) is 0 Å². The van der Waals surface area contributed by atoms with Gasteiger partial charge in [-0.3, -0.25) is 9.59 Å². The van der Waals surface area contributed by atoms with Gasteiger partial charge in [0.15, 0.2) is 0 Å². The van der Waals surface area contributed by atoms with E-state index in [-0.39, 0.29) is 24.9 Å². The molecular weight excluding hydrogens is 659 g/mol. The Morgan fingerprint density at radius 2 is 0.943 bits per heavy atom. The Bertz CT molecular complexity index is 802. The lowest BCUT2D eigenvalue weighted by atomic mass is 10.0. The van der Waals surface area contributed by atoms with Crippen molar-refractivity contribution in [3.05, 3.63) is 12.2 Å². The molecule has 1 amide bonds. The first-order valence-corrected chi connectivity index (χ1v) is 23.4. The maximum Gasteiger partial charge on any atom is 0.306 e. The van der Waals surface area contributed by atoms with E-state index in [1.807, 2.05) is 0 Å². The van der Waals surface area contributed by atoms with E-state index >= 15 is 0 Å². The summed E-state index contributed by atoms with van der Waals surface area (Å²) in [7, 11) is 0. The van der Waals surface area contributed by atoms with Crippen molar-refractivity contribution in [1.29, 1.82) is 0 Å². The van der Waals surface area contributed by atoms with Crippen LogP contribution in [0.1, 0.15) is 252 Å². The van der Waals surface area contributed by atoms with Gasteiger partial charge >= 0.3 is 5.97 Å². The molecule has 0 spiro atoms. The molecule has 0 aromatic carbocycles. The minimum Gasteiger partial charge on any atom is -0.462 e. The molecule has 0 radical (unpaired) electrons. The van der Waals surface area contributed by atoms with Crippen molar-refractivity contribution in [3.63, 3.8) is 0 Å². The van der Waals surface area contributed by atoms with Crippen LogP contribution in [-0.4, -0.2) is 46.9 Å². The molecule has 0 aliphatic carbocycles. The lowest BCUT2D eigenvalue weighted by Gasteiger charge is -2.24. The van der Waals surface area contributed by atoms with Gasteiger partial charge < -0.3 is 20.3 Å². The van der Waals surface area contributed by atoms with Gasteiger partial charge in [-0.25, -0.2) is 0 Å². The summed E-state index contributed by atoms with van der Waals surface area (Å²) in [5, 5.41) is 23.6. The van der Waals surface area contributed by atoms with Gasteiger partial charge in [-0.05, 0) is 44.9 Å². The molecule has 0 aromatic heterocycles. The lowest BCUT2D eigenvalue weighted by molar-refractivity contribution is -0.151. The number of rotatable bonds is 42. The number of esters is 1. The average Bonchev–Trinajstić information content (AvgIpc) is 3.15. The van der Waals surface area contributed by atoms with Crippen LogP contribution in [0.3, 0.4) is 0 Å². The number of carbonyl (C=O) groups is 2. The third-order valence-electron chi connectivity index (χ3n) is 10.8. The molecule has 0 fully saturated rings. The van der Waals surface area contributed by atoms with Crippen molar-refractivity contribution >= 4 is 11.9 Å². The van der Waals surface area contributed by atoms with Gasteiger partial charge in [0.1, 0.15) is 6.10 Å². The Balaban J connectivity index is 4.41. The molecule has 6 heteroatoms. The summed E-state index contributed by atoms with van der Waals surface area (Å²) in [5.74, 6) is -0.484. The summed E-state index contributed by atoms with van der Waals surface area (Å²) in [6.07, 6.45) is 44.2. The fraction of sp³-hybridized carbons (Fsp3) is 0.915. The molecule has 314 valence electrons. The molecule has 3 unspecified atom stereocenters. The Hall–Kier alpha value is -1.40. The molecule has 53 heavy (non-hydrogen) atoms. The van der Waals surface area contributed by atoms with E-state index in [4.69, 9.17) is 4.74 Å². The number of hydrogen-bond acceptors (Lipinski definition) is 5. The summed E-state index contributed by atoms with van der Waals surface area (Å²) >= 11 is 0. The van der Waals surface area contributed by atoms with E-state index in [1.165, 1.54) is 141 Å². The zero-order chi connectivity index (χ0) is 38.9. The van der Waals surface area contributed by atoms with Gasteiger partial charge in [-0.15, -0.1) is 0 Å². The van der Waals surface area contributed by atoms with Crippen molar-refractivity contribution in [3.8, 4) is 0 Å². The first-order valence-electron chi connectivity index (χ1n) is 23.4. The minimum absolute atomic E-state index is 0.0720. The monoisotopic (exact) mass is 750 g/mol. The van der Waals surface area contributed by atoms with E-state index in [9.17, 15) is 19.8 Å². The second-order valence-corrected chi connectivity index (χ2v) is 16.2. The van der Waals surface area contributed by atoms with Crippen molar-refractivity contribution < 1.29 is 24.5 Å². The summed E-state index contributed by atoms with van der Waals surface area (Å²) in [5.41, 5.74) is 0. The van der Waals surface area contributed by atoms with Gasteiger partial charge in [0, 0.05) is 6.42 Å². The number of unbranched alkanes of at least 4 members (excludes halogenated alkanes) is 28. The van der Waals surface area contributed by atoms with Crippen LogP contribution in [0.5, 0.6) is 0 Å². The fourth-order valence-electron chi connectivity index (χ4n) is 7.26. The molecule has 3 N–H and O–H groups in total. The van der Waals surface area contributed by atoms with Gasteiger partial charge in [0.2, 0.25) is 5.91 Å². The standard InChI is InChI=1S/C47H91NO5/c1-4-7-10-13-16-19-21-22-23-24-26-27-30-33-36-39-45(50)44(42-49)48-46(51)41-43(38-35-32-29-18-15-12-9-6-3)53-47(52)40-37-34-31-28-25-20-17-14-11-8-5-2/h12,15,43-45,49-50H,4-11,13-14,16-42H2,1-3H3,(H,48,51)/b15-12-. The van der Waals surface area contributed by atoms with E-state index < -0.39 is 18.2 Å². The number of nitrogens with one attached hydrogen (secondary N) is 1. The minimum atomic E-state index is -0.784. The van der Waals surface area contributed by atoms with Gasteiger partial charge in [-0.1, -0.05) is 206 Å². The van der Waals surface area contributed by atoms with Gasteiger partial charge in [0.05, 0.1) is 25.2 Å². The van der Waals surface area contributed by atoms with Crippen LogP contribution in [0.25, 0.3) is 0 Å². The molecule has 0 saturated heterocycles. The highest BCUT2D eigenvalue weighted by Crippen LogP contribution is 2.18. The third kappa shape index (κ3) is 37.3. The maximum absolute atomic E-state index is 13.1. The molecule has 0 heterocycles. The molecule has 3 atom stereocenters. The van der Waals surface area contributed by atoms with Gasteiger partial charge in [-0.2, -0.15) is 0 Å². The van der Waals surface area contributed by atoms with Crippen LogP contribution >= 0.6 is 0 Å². The van der Waals surface area contributed by atoms with E-state index in [0.717, 1.165) is 64.2 Å². The summed E-state index contributed by atoms with van der Waals surface area (Å²) in [6, 6.07) is -0.697. The van der Waals surface area contributed by atoms with E-state index in [0.29, 0.717) is 19.3 Å². The highest BCUT2D eigenvalue weighted by molar-refractivity contribution is 5.77. The highest BCUT2D eigenvalue weighted by atomic mass is 16.5. The SMILES string of the molecule is CCC/C=C\CCCCCC(CC(=O)NC(CO)C(O)CCCCCCCCCCCCCCCCC)OC(=O)CCCCCCCCCCCCC. The molecule has 6 nitrogen and oxygen atoms in total. The molecule has 0 saturated carbocycles. The van der Waals surface area contributed by atoms with Crippen molar-refractivity contribution in [2.45, 2.75) is 270 Å². The van der Waals surface area contributed by atoms with Crippen LogP contribution in [0.4, 0.5) is 0 Å². The number of ether oxygens (including phenoxy) is 1. The summed E-state index contributed by atoms with van der Waals surface area (Å²) in [4.78, 5) is 25.9. The Morgan fingerprint density at radius 3 is 1.42 bits per heavy atom. The van der Waals surface area contributed by atoms with Crippen LogP contribution in [0.15, 0.2) is 12.2 Å². The topological polar surface area (TPSA) is 95.9 Å². The largest absolute Gasteiger partial charge is 0.462 e. The molecule has 0 bridgehead atoms. The number of carbonyl (C=O) groups excluding carboxylic acids is 2. The molecule has 0 aliphatic heterocycles. The predicted molar refractivity (Wildman–Crippen MR) is 227 cm³/mol. The van der Waals surface area contributed by atoms with Crippen LogP contribution in [0, 0.1) is 0 Å². The van der Waals surface area contributed by atoms with E-state index in [1.54, 1.807) is 0 Å². The molecular formula is C47H91NO5. The zero-order valence-electron chi connectivity index (χ0n) is 35.7. The van der Waals surface area contributed by atoms with Crippen molar-refractivity contribution in [2.24, 2.45) is 0 Å². The average molecular weight is 750 g/mol. The number of aliphatic hydroxyl groups is 2. The number of amides is 1. The predicted octanol–water partition coefficient (Wildman–Crippen LogP) is 13.4. The smallest absolute Gasteiger partial charge is 0.306 e. The summed E-state index contributed by atoms with van der Waals surface area (Å²) in [6.45, 7) is 6.41. The Kier molecular flexibility index (Phi) is 40.7. The van der Waals surface area contributed by atoms with Crippen LogP contribution < -0.4 is 5.32 Å². The zero-order valence-corrected chi connectivity index (χ0v) is 35.7. The number of aliphatic hydroxyl groups excluding tert-OH is 2. The normalized spacial score (nSPS) is 13.4. The fourth-order valence-corrected chi connectivity index (χ4v) is 7.26. The quantitative estimate of drug-likeness (QED) is 0.0328. The second kappa shape index (κ2) is 41.8. The lowest BCUT2D eigenvalue weighted by Crippen LogP contribution is -2.46. The second-order valence-electron chi connectivity index (χ2n) is 16.2. The van der Waals surface area contributed by atoms with Crippen LogP contribution in [0.2, 0.25) is 0 Å². The first-order chi connectivity index (χ1) is 26.0. The molecule has 0 rings (SSSR count). The number of allylic oxidation sites excluding steroid dienone is 2. The third-order valence-corrected chi connectivity index (χ3v) is 10.8. The maximum atomic E-state index is 13.1. The summed E-state index contributed by atoms with van der Waals surface area (Å²) < 4.78 is 5.87. The van der Waals surface area contributed by atoms with Crippen LogP contribution in [-0.2, 0) is 14.3 Å². The van der Waals surface area contributed by atoms with E-state index in [2.05, 4.69) is 38.2 Å². The Morgan fingerprint density at radius 1 is 0.528 bits per heavy atom. The molecule has 0 aromatic rings.